The van der Waals surface area contributed by atoms with Gasteiger partial charge in [0, 0.05) is 55.8 Å². The van der Waals surface area contributed by atoms with Crippen molar-refractivity contribution < 1.29 is 19.8 Å². The lowest BCUT2D eigenvalue weighted by atomic mass is 10.0. The van der Waals surface area contributed by atoms with Crippen LogP contribution in [0.3, 0.4) is 0 Å². The van der Waals surface area contributed by atoms with Crippen LogP contribution in [0.1, 0.15) is 24.1 Å². The van der Waals surface area contributed by atoms with Crippen molar-refractivity contribution in [2.75, 3.05) is 26.2 Å². The maximum atomic E-state index is 11.9. The second-order valence-corrected chi connectivity index (χ2v) is 6.06. The second kappa shape index (κ2) is 6.62. The molecule has 3 rings (SSSR count). The largest absolute Gasteiger partial charge is 0.480 e. The van der Waals surface area contributed by atoms with E-state index in [9.17, 15) is 19.8 Å². The third-order valence-electron chi connectivity index (χ3n) is 4.61. The highest BCUT2D eigenvalue weighted by atomic mass is 16.4. The van der Waals surface area contributed by atoms with E-state index in [4.69, 9.17) is 0 Å². The zero-order valence-corrected chi connectivity index (χ0v) is 13.5. The summed E-state index contributed by atoms with van der Waals surface area (Å²) in [6.07, 6.45) is 1.72. The van der Waals surface area contributed by atoms with Crippen LogP contribution < -0.4 is 0 Å². The number of carboxylic acids is 1. The minimum Gasteiger partial charge on any atom is -0.480 e. The fourth-order valence-corrected chi connectivity index (χ4v) is 3.30. The number of rotatable bonds is 4. The summed E-state index contributed by atoms with van der Waals surface area (Å²) in [6, 6.07) is 4.71. The van der Waals surface area contributed by atoms with E-state index < -0.39 is 12.0 Å². The van der Waals surface area contributed by atoms with E-state index in [1.165, 1.54) is 6.92 Å². The average Bonchev–Trinajstić information content (AvgIpc) is 2.98. The van der Waals surface area contributed by atoms with Crippen LogP contribution in [0.25, 0.3) is 10.9 Å². The van der Waals surface area contributed by atoms with Crippen LogP contribution in [0.2, 0.25) is 0 Å². The summed E-state index contributed by atoms with van der Waals surface area (Å²) in [5.41, 5.74) is 2.29. The van der Waals surface area contributed by atoms with E-state index in [-0.39, 0.29) is 12.5 Å². The highest BCUT2D eigenvalue weighted by Crippen LogP contribution is 2.30. The quantitative estimate of drug-likeness (QED) is 0.775. The molecule has 3 N–H and O–H groups in total. The molecule has 1 fully saturated rings. The van der Waals surface area contributed by atoms with E-state index in [0.717, 1.165) is 16.5 Å². The molecule has 1 aliphatic heterocycles. The topological polar surface area (TPSA) is 96.9 Å². The summed E-state index contributed by atoms with van der Waals surface area (Å²) in [5, 5.41) is 19.8. The van der Waals surface area contributed by atoms with Crippen molar-refractivity contribution in [1.29, 1.82) is 0 Å². The molecule has 24 heavy (non-hydrogen) atoms. The third-order valence-corrected chi connectivity index (χ3v) is 4.61. The lowest BCUT2D eigenvalue weighted by Crippen LogP contribution is -2.50. The van der Waals surface area contributed by atoms with Gasteiger partial charge in [0.05, 0.1) is 6.61 Å². The molecule has 1 aromatic heterocycles. The van der Waals surface area contributed by atoms with Crippen LogP contribution in [0.5, 0.6) is 0 Å². The van der Waals surface area contributed by atoms with E-state index in [0.29, 0.717) is 31.7 Å². The number of aromatic nitrogens is 1. The van der Waals surface area contributed by atoms with Crippen LogP contribution in [0.15, 0.2) is 24.4 Å². The second-order valence-electron chi connectivity index (χ2n) is 6.06. The Balaban J connectivity index is 1.89. The number of aliphatic hydroxyl groups is 1. The fraction of sp³-hybridized carbons (Fsp3) is 0.412. The fourth-order valence-electron chi connectivity index (χ4n) is 3.30. The summed E-state index contributed by atoms with van der Waals surface area (Å²) in [6.45, 7) is 3.60. The Hall–Kier alpha value is -2.38. The van der Waals surface area contributed by atoms with Gasteiger partial charge < -0.3 is 20.1 Å². The van der Waals surface area contributed by atoms with Crippen LogP contribution in [-0.4, -0.2) is 63.1 Å². The first-order valence-corrected chi connectivity index (χ1v) is 7.94. The minimum absolute atomic E-state index is 0.0187. The van der Waals surface area contributed by atoms with Crippen LogP contribution in [0, 0.1) is 0 Å². The molecule has 1 aliphatic rings. The number of hydrogen-bond donors (Lipinski definition) is 3. The predicted octanol–water partition coefficient (Wildman–Crippen LogP) is 0.950. The van der Waals surface area contributed by atoms with Gasteiger partial charge in [-0.05, 0) is 11.6 Å². The number of aliphatic hydroxyl groups excluding tert-OH is 1. The summed E-state index contributed by atoms with van der Waals surface area (Å²) in [7, 11) is 0. The molecular formula is C17H21N3O4. The number of aliphatic carboxylic acids is 1. The molecule has 0 saturated carbocycles. The molecule has 0 bridgehead atoms. The molecular weight excluding hydrogens is 310 g/mol. The standard InChI is InChI=1S/C17H21N3O4/c1-11(22)19-4-6-20(7-5-19)16(17(23)24)14-9-18-15-8-12(10-21)2-3-13(14)15/h2-3,8-9,16,18,21H,4-7,10H2,1H3,(H,23,24). The van der Waals surface area contributed by atoms with E-state index >= 15 is 0 Å². The van der Waals surface area contributed by atoms with E-state index in [1.54, 1.807) is 17.2 Å². The molecule has 1 unspecified atom stereocenters. The number of nitrogens with one attached hydrogen (secondary N) is 1. The normalized spacial score (nSPS) is 17.2. The summed E-state index contributed by atoms with van der Waals surface area (Å²) >= 11 is 0. The average molecular weight is 331 g/mol. The summed E-state index contributed by atoms with van der Waals surface area (Å²) < 4.78 is 0. The Kier molecular flexibility index (Phi) is 4.55. The number of fused-ring (bicyclic) bond motifs is 1. The van der Waals surface area contributed by atoms with E-state index in [1.807, 2.05) is 17.0 Å². The van der Waals surface area contributed by atoms with Crippen molar-refractivity contribution >= 4 is 22.8 Å². The predicted molar refractivity (Wildman–Crippen MR) is 88.4 cm³/mol. The molecule has 0 spiro atoms. The molecule has 7 heteroatoms. The third kappa shape index (κ3) is 3.00. The number of carbonyl (C=O) groups excluding carboxylic acids is 1. The number of carboxylic acid groups (broad SMARTS) is 1. The Bertz CT molecular complexity index is 762. The molecule has 128 valence electrons. The zero-order valence-electron chi connectivity index (χ0n) is 13.5. The van der Waals surface area contributed by atoms with Gasteiger partial charge in [-0.3, -0.25) is 14.5 Å². The first-order valence-electron chi connectivity index (χ1n) is 7.94. The van der Waals surface area contributed by atoms with Crippen LogP contribution >= 0.6 is 0 Å². The van der Waals surface area contributed by atoms with Gasteiger partial charge in [-0.1, -0.05) is 12.1 Å². The molecule has 1 aromatic carbocycles. The van der Waals surface area contributed by atoms with Crippen LogP contribution in [-0.2, 0) is 16.2 Å². The van der Waals surface area contributed by atoms with Gasteiger partial charge in [0.1, 0.15) is 6.04 Å². The number of carbonyl (C=O) groups is 2. The molecule has 0 radical (unpaired) electrons. The van der Waals surface area contributed by atoms with Crippen molar-refractivity contribution in [3.05, 3.63) is 35.5 Å². The number of nitrogens with zero attached hydrogens (tertiary/aromatic N) is 2. The first-order chi connectivity index (χ1) is 11.5. The van der Waals surface area contributed by atoms with Gasteiger partial charge in [-0.25, -0.2) is 0 Å². The van der Waals surface area contributed by atoms with Gasteiger partial charge in [0.15, 0.2) is 0 Å². The number of benzene rings is 1. The van der Waals surface area contributed by atoms with Crippen molar-refractivity contribution in [3.8, 4) is 0 Å². The van der Waals surface area contributed by atoms with Crippen molar-refractivity contribution in [2.24, 2.45) is 0 Å². The van der Waals surface area contributed by atoms with Gasteiger partial charge in [-0.15, -0.1) is 0 Å². The number of amides is 1. The number of hydrogen-bond acceptors (Lipinski definition) is 4. The van der Waals surface area contributed by atoms with Gasteiger partial charge >= 0.3 is 5.97 Å². The molecule has 0 aliphatic carbocycles. The van der Waals surface area contributed by atoms with Crippen LogP contribution in [0.4, 0.5) is 0 Å². The lowest BCUT2D eigenvalue weighted by Gasteiger charge is -2.37. The Morgan fingerprint density at radius 3 is 2.54 bits per heavy atom. The number of piperazine rings is 1. The van der Waals surface area contributed by atoms with Gasteiger partial charge in [-0.2, -0.15) is 0 Å². The Labute approximate surface area is 139 Å². The van der Waals surface area contributed by atoms with Crippen molar-refractivity contribution in [1.82, 2.24) is 14.8 Å². The minimum atomic E-state index is -0.904. The number of H-pyrrole nitrogens is 1. The lowest BCUT2D eigenvalue weighted by molar-refractivity contribution is -0.144. The van der Waals surface area contributed by atoms with E-state index in [2.05, 4.69) is 4.98 Å². The van der Waals surface area contributed by atoms with Crippen molar-refractivity contribution in [3.63, 3.8) is 0 Å². The highest BCUT2D eigenvalue weighted by Gasteiger charge is 2.32. The molecule has 7 nitrogen and oxygen atoms in total. The maximum Gasteiger partial charge on any atom is 0.325 e. The van der Waals surface area contributed by atoms with Gasteiger partial charge in [0.25, 0.3) is 0 Å². The Morgan fingerprint density at radius 1 is 1.25 bits per heavy atom. The summed E-state index contributed by atoms with van der Waals surface area (Å²) in [4.78, 5) is 30.1. The maximum absolute atomic E-state index is 11.9. The summed E-state index contributed by atoms with van der Waals surface area (Å²) in [5.74, 6) is -0.886. The molecule has 2 heterocycles. The van der Waals surface area contributed by atoms with Gasteiger partial charge in [0.2, 0.25) is 5.91 Å². The van der Waals surface area contributed by atoms with Crippen molar-refractivity contribution in [2.45, 2.75) is 19.6 Å². The Morgan fingerprint density at radius 2 is 1.96 bits per heavy atom. The zero-order chi connectivity index (χ0) is 17.3. The smallest absolute Gasteiger partial charge is 0.325 e. The molecule has 2 aromatic rings. The molecule has 1 saturated heterocycles. The SMILES string of the molecule is CC(=O)N1CCN(C(C(=O)O)c2c[nH]c3cc(CO)ccc23)CC1. The highest BCUT2D eigenvalue weighted by molar-refractivity contribution is 5.89. The molecule has 1 atom stereocenters. The molecule has 1 amide bonds. The number of aromatic amines is 1. The monoisotopic (exact) mass is 331 g/mol. The first kappa shape index (κ1) is 16.5.